The van der Waals surface area contributed by atoms with E-state index in [0.717, 1.165) is 0 Å². The van der Waals surface area contributed by atoms with Crippen LogP contribution in [0.15, 0.2) is 27.6 Å². The van der Waals surface area contributed by atoms with Crippen LogP contribution >= 0.6 is 15.9 Å². The normalized spacial score (nSPS) is 11.4. The van der Waals surface area contributed by atoms with Gasteiger partial charge in [0, 0.05) is 0 Å². The van der Waals surface area contributed by atoms with Gasteiger partial charge in [0.2, 0.25) is 0 Å². The predicted octanol–water partition coefficient (Wildman–Crippen LogP) is 1.78. The van der Waals surface area contributed by atoms with Crippen LogP contribution < -0.4 is 9.46 Å². The van der Waals surface area contributed by atoms with Crippen LogP contribution in [0.3, 0.4) is 0 Å². The Kier molecular flexibility index (Phi) is 4.55. The van der Waals surface area contributed by atoms with Crippen LogP contribution in [0.2, 0.25) is 0 Å². The number of methoxy groups -OCH3 is 1. The van der Waals surface area contributed by atoms with Gasteiger partial charge in [0.1, 0.15) is 16.3 Å². The Morgan fingerprint density at radius 2 is 2.19 bits per heavy atom. The lowest BCUT2D eigenvalue weighted by Gasteiger charge is -2.10. The highest BCUT2D eigenvalue weighted by atomic mass is 79.9. The molecule has 0 spiro atoms. The molecule has 7 nitrogen and oxygen atoms in total. The highest BCUT2D eigenvalue weighted by Crippen LogP contribution is 2.29. The molecule has 3 N–H and O–H groups in total. The number of sulfonamides is 1. The lowest BCUT2D eigenvalue weighted by Crippen LogP contribution is -2.15. The Hall–Kier alpha value is -1.58. The minimum atomic E-state index is -3.85. The van der Waals surface area contributed by atoms with Crippen LogP contribution in [-0.4, -0.2) is 30.8 Å². The van der Waals surface area contributed by atoms with Gasteiger partial charge in [0.25, 0.3) is 10.0 Å². The van der Waals surface area contributed by atoms with E-state index < -0.39 is 16.6 Å². The van der Waals surface area contributed by atoms with Gasteiger partial charge < -0.3 is 9.84 Å². The zero-order valence-electron chi connectivity index (χ0n) is 11.3. The van der Waals surface area contributed by atoms with E-state index in [-0.39, 0.29) is 10.6 Å². The number of aryl methyl sites for hydroxylation is 1. The number of H-pyrrole nitrogens is 1. The van der Waals surface area contributed by atoms with Gasteiger partial charge in [-0.05, 0) is 41.1 Å². The van der Waals surface area contributed by atoms with Crippen molar-refractivity contribution in [2.24, 2.45) is 0 Å². The second-order valence-electron chi connectivity index (χ2n) is 4.24. The minimum absolute atomic E-state index is 0.0445. The number of halogens is 1. The number of nitrogens with zero attached hydrogens (tertiary/aromatic N) is 1. The molecule has 114 valence electrons. The molecule has 2 aromatic rings. The molecular formula is C12H14BrN3O4S. The first-order valence-corrected chi connectivity index (χ1v) is 8.17. The Bertz CT molecular complexity index is 758. The zero-order chi connectivity index (χ0) is 15.6. The van der Waals surface area contributed by atoms with Crippen molar-refractivity contribution < 1.29 is 18.3 Å². The molecule has 0 atom stereocenters. The van der Waals surface area contributed by atoms with E-state index in [1.165, 1.54) is 7.11 Å². The van der Waals surface area contributed by atoms with Gasteiger partial charge in [0.15, 0.2) is 0 Å². The van der Waals surface area contributed by atoms with Crippen molar-refractivity contribution >= 4 is 31.6 Å². The fourth-order valence-electron chi connectivity index (χ4n) is 1.87. The van der Waals surface area contributed by atoms with Gasteiger partial charge in [-0.25, -0.2) is 8.42 Å². The summed E-state index contributed by atoms with van der Waals surface area (Å²) in [6, 6.07) is 4.80. The number of nitrogens with one attached hydrogen (secondary N) is 2. The summed E-state index contributed by atoms with van der Waals surface area (Å²) >= 11 is 3.29. The molecule has 0 unspecified atom stereocenters. The maximum absolute atomic E-state index is 12.4. The van der Waals surface area contributed by atoms with Crippen molar-refractivity contribution in [1.29, 1.82) is 0 Å². The summed E-state index contributed by atoms with van der Waals surface area (Å²) in [5.41, 5.74) is 0.805. The molecule has 0 aliphatic heterocycles. The first-order chi connectivity index (χ1) is 9.89. The number of hydrogen-bond donors (Lipinski definition) is 3. The molecule has 0 saturated heterocycles. The number of aromatic amines is 1. The third-order valence-electron chi connectivity index (χ3n) is 2.78. The van der Waals surface area contributed by atoms with Gasteiger partial charge >= 0.3 is 0 Å². The number of aliphatic hydroxyl groups excluding tert-OH is 1. The molecule has 1 heterocycles. The number of ether oxygens (including phenoxy) is 1. The lowest BCUT2D eigenvalue weighted by molar-refractivity contribution is 0.273. The van der Waals surface area contributed by atoms with Crippen molar-refractivity contribution in [2.45, 2.75) is 18.4 Å². The van der Waals surface area contributed by atoms with Crippen LogP contribution in [0.1, 0.15) is 11.4 Å². The average molecular weight is 376 g/mol. The number of anilines is 1. The maximum Gasteiger partial charge on any atom is 0.265 e. The summed E-state index contributed by atoms with van der Waals surface area (Å²) in [5, 5.41) is 15.5. The van der Waals surface area contributed by atoms with E-state index in [1.807, 2.05) is 0 Å². The van der Waals surface area contributed by atoms with Crippen molar-refractivity contribution in [3.8, 4) is 5.75 Å². The molecule has 2 rings (SSSR count). The first kappa shape index (κ1) is 15.8. The summed E-state index contributed by atoms with van der Waals surface area (Å²) < 4.78 is 33.0. The van der Waals surface area contributed by atoms with Crippen LogP contribution in [-0.2, 0) is 16.6 Å². The third kappa shape index (κ3) is 3.20. The summed E-state index contributed by atoms with van der Waals surface area (Å²) in [7, 11) is -2.33. The molecule has 21 heavy (non-hydrogen) atoms. The third-order valence-corrected chi connectivity index (χ3v) is 4.99. The SMILES string of the molecule is COc1ccc(NS(=O)(=O)c2c(CO)n[nH]c2C)cc1Br. The van der Waals surface area contributed by atoms with Crippen LogP contribution in [0, 0.1) is 6.92 Å². The van der Waals surface area contributed by atoms with Crippen LogP contribution in [0.25, 0.3) is 0 Å². The summed E-state index contributed by atoms with van der Waals surface area (Å²) in [5.74, 6) is 0.591. The second-order valence-corrected chi connectivity index (χ2v) is 6.71. The molecule has 9 heteroatoms. The Morgan fingerprint density at radius 3 is 2.76 bits per heavy atom. The van der Waals surface area contributed by atoms with E-state index in [4.69, 9.17) is 4.74 Å². The molecule has 1 aromatic carbocycles. The van der Waals surface area contributed by atoms with E-state index in [2.05, 4.69) is 30.8 Å². The molecule has 0 radical (unpaired) electrons. The van der Waals surface area contributed by atoms with Gasteiger partial charge in [-0.3, -0.25) is 9.82 Å². The monoisotopic (exact) mass is 375 g/mol. The van der Waals surface area contributed by atoms with E-state index >= 15 is 0 Å². The zero-order valence-corrected chi connectivity index (χ0v) is 13.7. The maximum atomic E-state index is 12.4. The second kappa shape index (κ2) is 6.04. The van der Waals surface area contributed by atoms with E-state index in [1.54, 1.807) is 25.1 Å². The summed E-state index contributed by atoms with van der Waals surface area (Å²) in [4.78, 5) is -0.0445. The Labute approximate surface area is 130 Å². The molecule has 0 bridgehead atoms. The average Bonchev–Trinajstić information content (AvgIpc) is 2.80. The molecule has 0 amide bonds. The predicted molar refractivity (Wildman–Crippen MR) is 80.8 cm³/mol. The fraction of sp³-hybridized carbons (Fsp3) is 0.250. The van der Waals surface area contributed by atoms with Crippen LogP contribution in [0.5, 0.6) is 5.75 Å². The number of aromatic nitrogens is 2. The molecule has 0 saturated carbocycles. The van der Waals surface area contributed by atoms with Crippen molar-refractivity contribution in [1.82, 2.24) is 10.2 Å². The number of hydrogen-bond acceptors (Lipinski definition) is 5. The van der Waals surface area contributed by atoms with Crippen molar-refractivity contribution in [3.63, 3.8) is 0 Å². The van der Waals surface area contributed by atoms with E-state index in [0.29, 0.717) is 21.6 Å². The van der Waals surface area contributed by atoms with Gasteiger partial charge in [-0.15, -0.1) is 0 Å². The first-order valence-electron chi connectivity index (χ1n) is 5.90. The lowest BCUT2D eigenvalue weighted by atomic mass is 10.3. The smallest absolute Gasteiger partial charge is 0.265 e. The fourth-order valence-corrected chi connectivity index (χ4v) is 3.82. The Balaban J connectivity index is 2.37. The van der Waals surface area contributed by atoms with E-state index in [9.17, 15) is 13.5 Å². The molecule has 1 aromatic heterocycles. The highest BCUT2D eigenvalue weighted by Gasteiger charge is 2.24. The number of benzene rings is 1. The van der Waals surface area contributed by atoms with Gasteiger partial charge in [-0.1, -0.05) is 0 Å². The number of aliphatic hydroxyl groups is 1. The van der Waals surface area contributed by atoms with Crippen molar-refractivity contribution in [2.75, 3.05) is 11.8 Å². The van der Waals surface area contributed by atoms with Crippen molar-refractivity contribution in [3.05, 3.63) is 34.1 Å². The largest absolute Gasteiger partial charge is 0.496 e. The number of rotatable bonds is 5. The minimum Gasteiger partial charge on any atom is -0.496 e. The molecular weight excluding hydrogens is 362 g/mol. The van der Waals surface area contributed by atoms with Gasteiger partial charge in [0.05, 0.1) is 29.6 Å². The summed E-state index contributed by atoms with van der Waals surface area (Å²) in [6.07, 6.45) is 0. The molecule has 0 fully saturated rings. The molecule has 0 aliphatic rings. The molecule has 0 aliphatic carbocycles. The van der Waals surface area contributed by atoms with Crippen LogP contribution in [0.4, 0.5) is 5.69 Å². The quantitative estimate of drug-likeness (QED) is 0.738. The standard InChI is InChI=1S/C12H14BrN3O4S/c1-7-12(10(6-17)15-14-7)21(18,19)16-8-3-4-11(20-2)9(13)5-8/h3-5,16-17H,6H2,1-2H3,(H,14,15). The van der Waals surface area contributed by atoms with Gasteiger partial charge in [-0.2, -0.15) is 5.10 Å². The Morgan fingerprint density at radius 1 is 1.48 bits per heavy atom. The summed E-state index contributed by atoms with van der Waals surface area (Å²) in [6.45, 7) is 1.11. The topological polar surface area (TPSA) is 104 Å². The highest BCUT2D eigenvalue weighted by molar-refractivity contribution is 9.10.